The zero-order valence-corrected chi connectivity index (χ0v) is 11.6. The van der Waals surface area contributed by atoms with E-state index in [9.17, 15) is 14.4 Å². The quantitative estimate of drug-likeness (QED) is 0.627. The van der Waals surface area contributed by atoms with E-state index in [1.54, 1.807) is 19.1 Å². The van der Waals surface area contributed by atoms with Crippen molar-refractivity contribution in [3.63, 3.8) is 0 Å². The van der Waals surface area contributed by atoms with E-state index < -0.39 is 5.41 Å². The predicted octanol–water partition coefficient (Wildman–Crippen LogP) is 2.83. The van der Waals surface area contributed by atoms with Gasteiger partial charge in [-0.1, -0.05) is 30.3 Å². The Balaban J connectivity index is 1.76. The number of carbonyl (C=O) groups is 3. The van der Waals surface area contributed by atoms with Gasteiger partial charge in [-0.15, -0.1) is 0 Å². The average molecular weight is 270 g/mol. The first-order valence-electron chi connectivity index (χ1n) is 7.18. The Kier molecular flexibility index (Phi) is 3.08. The standard InChI is InChI=1S/C17H18O3/c1-17-8-7-12(13(16(17)20)10-15(17)19)9-14(18)11-5-3-2-4-6-11/h2-6,12-13H,7-10H2,1H3/t12-,13-,17+/m0/s1. The zero-order chi connectivity index (χ0) is 14.3. The van der Waals surface area contributed by atoms with Crippen molar-refractivity contribution >= 4 is 17.3 Å². The molecule has 2 fully saturated rings. The highest BCUT2D eigenvalue weighted by molar-refractivity contribution is 6.14. The smallest absolute Gasteiger partial charge is 0.163 e. The Morgan fingerprint density at radius 1 is 1.25 bits per heavy atom. The van der Waals surface area contributed by atoms with E-state index in [1.165, 1.54) is 0 Å². The Bertz CT molecular complexity index is 575. The third kappa shape index (κ3) is 1.92. The number of Topliss-reactive ketones (excluding diaryl/α,β-unsaturated/α-hetero) is 3. The van der Waals surface area contributed by atoms with Gasteiger partial charge in [0, 0.05) is 24.3 Å². The molecule has 2 aliphatic rings. The monoisotopic (exact) mass is 270 g/mol. The maximum atomic E-state index is 12.3. The summed E-state index contributed by atoms with van der Waals surface area (Å²) < 4.78 is 0. The summed E-state index contributed by atoms with van der Waals surface area (Å²) in [5, 5.41) is 0. The van der Waals surface area contributed by atoms with Gasteiger partial charge in [0.25, 0.3) is 0 Å². The van der Waals surface area contributed by atoms with Gasteiger partial charge in [0.1, 0.15) is 11.6 Å². The normalized spacial score (nSPS) is 32.5. The van der Waals surface area contributed by atoms with E-state index in [0.717, 1.165) is 6.42 Å². The van der Waals surface area contributed by atoms with Crippen molar-refractivity contribution in [1.82, 2.24) is 0 Å². The maximum Gasteiger partial charge on any atom is 0.163 e. The van der Waals surface area contributed by atoms with Gasteiger partial charge in [0.15, 0.2) is 5.78 Å². The number of ketones is 3. The molecule has 2 saturated carbocycles. The van der Waals surface area contributed by atoms with Crippen molar-refractivity contribution in [3.8, 4) is 0 Å². The molecule has 0 heterocycles. The number of rotatable bonds is 3. The summed E-state index contributed by atoms with van der Waals surface area (Å²) in [6, 6.07) is 9.17. The van der Waals surface area contributed by atoms with Crippen LogP contribution >= 0.6 is 0 Å². The minimum absolute atomic E-state index is 0.0368. The van der Waals surface area contributed by atoms with Crippen LogP contribution < -0.4 is 0 Å². The van der Waals surface area contributed by atoms with E-state index in [-0.39, 0.29) is 29.2 Å². The van der Waals surface area contributed by atoms with Crippen LogP contribution in [0.2, 0.25) is 0 Å². The van der Waals surface area contributed by atoms with Gasteiger partial charge in [-0.3, -0.25) is 14.4 Å². The minimum atomic E-state index is -0.753. The zero-order valence-electron chi connectivity index (χ0n) is 11.6. The van der Waals surface area contributed by atoms with Crippen molar-refractivity contribution in [2.75, 3.05) is 0 Å². The third-order valence-electron chi connectivity index (χ3n) is 5.03. The van der Waals surface area contributed by atoms with Crippen molar-refractivity contribution in [2.45, 2.75) is 32.6 Å². The molecule has 0 amide bonds. The summed E-state index contributed by atoms with van der Waals surface area (Å²) in [5.74, 6) is 0.0248. The molecule has 2 aliphatic carbocycles. The van der Waals surface area contributed by atoms with Crippen molar-refractivity contribution in [1.29, 1.82) is 0 Å². The summed E-state index contributed by atoms with van der Waals surface area (Å²) in [6.07, 6.45) is 2.12. The molecule has 1 aromatic rings. The number of carbonyl (C=O) groups excluding carboxylic acids is 3. The highest BCUT2D eigenvalue weighted by atomic mass is 16.2. The lowest BCUT2D eigenvalue weighted by Gasteiger charge is -2.31. The van der Waals surface area contributed by atoms with Crippen molar-refractivity contribution < 1.29 is 14.4 Å². The van der Waals surface area contributed by atoms with Crippen LogP contribution in [0.15, 0.2) is 30.3 Å². The Morgan fingerprint density at radius 3 is 2.65 bits per heavy atom. The first-order chi connectivity index (χ1) is 9.52. The van der Waals surface area contributed by atoms with E-state index in [4.69, 9.17) is 0 Å². The molecule has 20 heavy (non-hydrogen) atoms. The molecule has 0 unspecified atom stereocenters. The highest BCUT2D eigenvalue weighted by Gasteiger charge is 2.56. The predicted molar refractivity (Wildman–Crippen MR) is 74.3 cm³/mol. The molecule has 2 bridgehead atoms. The molecule has 0 radical (unpaired) electrons. The number of hydrogen-bond donors (Lipinski definition) is 0. The fraction of sp³-hybridized carbons (Fsp3) is 0.471. The molecule has 104 valence electrons. The summed E-state index contributed by atoms with van der Waals surface area (Å²) in [7, 11) is 0. The lowest BCUT2D eigenvalue weighted by Crippen LogP contribution is -2.38. The van der Waals surface area contributed by atoms with E-state index >= 15 is 0 Å². The molecule has 0 N–H and O–H groups in total. The maximum absolute atomic E-state index is 12.3. The van der Waals surface area contributed by atoms with Gasteiger partial charge in [-0.05, 0) is 25.7 Å². The lowest BCUT2D eigenvalue weighted by molar-refractivity contribution is -0.137. The fourth-order valence-electron chi connectivity index (χ4n) is 3.61. The second-order valence-electron chi connectivity index (χ2n) is 6.22. The SMILES string of the molecule is C[C@@]12CC[C@@H](CC(=O)c3ccccc3)[C@H](CC1=O)C2=O. The minimum Gasteiger partial charge on any atom is -0.299 e. The molecule has 3 atom stereocenters. The van der Waals surface area contributed by atoms with Gasteiger partial charge < -0.3 is 0 Å². The highest BCUT2D eigenvalue weighted by Crippen LogP contribution is 2.49. The van der Waals surface area contributed by atoms with Crippen LogP contribution in [0, 0.1) is 17.3 Å². The number of hydrogen-bond acceptors (Lipinski definition) is 3. The van der Waals surface area contributed by atoms with Crippen LogP contribution in [0.3, 0.4) is 0 Å². The fourth-order valence-corrected chi connectivity index (χ4v) is 3.61. The Morgan fingerprint density at radius 2 is 1.95 bits per heavy atom. The van der Waals surface area contributed by atoms with Gasteiger partial charge in [-0.2, -0.15) is 0 Å². The Labute approximate surface area is 118 Å². The van der Waals surface area contributed by atoms with Gasteiger partial charge >= 0.3 is 0 Å². The molecule has 3 nitrogen and oxygen atoms in total. The van der Waals surface area contributed by atoms with E-state index in [2.05, 4.69) is 0 Å². The van der Waals surface area contributed by atoms with Gasteiger partial charge in [0.2, 0.25) is 0 Å². The van der Waals surface area contributed by atoms with E-state index in [0.29, 0.717) is 24.8 Å². The second-order valence-corrected chi connectivity index (χ2v) is 6.22. The molecule has 0 spiro atoms. The lowest BCUT2D eigenvalue weighted by atomic mass is 9.69. The van der Waals surface area contributed by atoms with Crippen LogP contribution in [0.1, 0.15) is 43.0 Å². The van der Waals surface area contributed by atoms with E-state index in [1.807, 2.05) is 18.2 Å². The summed E-state index contributed by atoms with van der Waals surface area (Å²) in [4.78, 5) is 36.6. The summed E-state index contributed by atoms with van der Waals surface area (Å²) >= 11 is 0. The molecule has 3 rings (SSSR count). The van der Waals surface area contributed by atoms with Gasteiger partial charge in [0.05, 0.1) is 5.41 Å². The van der Waals surface area contributed by atoms with Crippen molar-refractivity contribution in [2.24, 2.45) is 17.3 Å². The molecule has 3 heteroatoms. The van der Waals surface area contributed by atoms with Crippen LogP contribution in [-0.2, 0) is 9.59 Å². The molecule has 0 aromatic heterocycles. The topological polar surface area (TPSA) is 51.2 Å². The average Bonchev–Trinajstić information content (AvgIpc) is 2.60. The molecular formula is C17H18O3. The van der Waals surface area contributed by atoms with Gasteiger partial charge in [-0.25, -0.2) is 0 Å². The second kappa shape index (κ2) is 4.65. The largest absolute Gasteiger partial charge is 0.299 e. The molecule has 1 aromatic carbocycles. The summed E-state index contributed by atoms with van der Waals surface area (Å²) in [6.45, 7) is 1.77. The van der Waals surface area contributed by atoms with Crippen LogP contribution in [0.25, 0.3) is 0 Å². The van der Waals surface area contributed by atoms with Crippen LogP contribution in [0.5, 0.6) is 0 Å². The molecule has 0 aliphatic heterocycles. The third-order valence-corrected chi connectivity index (χ3v) is 5.03. The number of fused-ring (bicyclic) bond motifs is 2. The molecule has 0 saturated heterocycles. The Hall–Kier alpha value is -1.77. The first-order valence-corrected chi connectivity index (χ1v) is 7.18. The van der Waals surface area contributed by atoms with Crippen molar-refractivity contribution in [3.05, 3.63) is 35.9 Å². The number of benzene rings is 1. The first kappa shape index (κ1) is 13.2. The molecular weight excluding hydrogens is 252 g/mol. The van der Waals surface area contributed by atoms with Crippen LogP contribution in [-0.4, -0.2) is 17.3 Å². The van der Waals surface area contributed by atoms with Crippen LogP contribution in [0.4, 0.5) is 0 Å². The summed E-state index contributed by atoms with van der Waals surface area (Å²) in [5.41, 5.74) is -0.0608.